The van der Waals surface area contributed by atoms with Crippen LogP contribution in [-0.2, 0) is 20.8 Å². The molecular formula is C21H26N2O4. The quantitative estimate of drug-likeness (QED) is 0.619. The molecule has 0 saturated carbocycles. The van der Waals surface area contributed by atoms with Crippen LogP contribution in [0.3, 0.4) is 0 Å². The molecule has 1 amide bonds. The maximum atomic E-state index is 12.0. The van der Waals surface area contributed by atoms with E-state index < -0.39 is 17.7 Å². The van der Waals surface area contributed by atoms with Gasteiger partial charge in [-0.05, 0) is 37.5 Å². The molecule has 2 rings (SSSR count). The summed E-state index contributed by atoms with van der Waals surface area (Å²) in [6, 6.07) is 18.0. The van der Waals surface area contributed by atoms with Gasteiger partial charge in [0.05, 0.1) is 7.11 Å². The standard InChI is InChI=1S/C21H26N2O4/c1-21(2,3)27-20(25)22-23(15-19(24)26-4)14-16-10-12-18(13-11-16)17-8-6-5-7-9-17/h5-13H,14-15H2,1-4H3,(H,22,25). The highest BCUT2D eigenvalue weighted by Crippen LogP contribution is 2.19. The van der Waals surface area contributed by atoms with Gasteiger partial charge in [-0.3, -0.25) is 10.2 Å². The number of ether oxygens (including phenoxy) is 2. The molecule has 0 spiro atoms. The van der Waals surface area contributed by atoms with Gasteiger partial charge in [-0.15, -0.1) is 0 Å². The predicted octanol–water partition coefficient (Wildman–Crippen LogP) is 3.77. The summed E-state index contributed by atoms with van der Waals surface area (Å²) in [5.74, 6) is -0.452. The van der Waals surface area contributed by atoms with Crippen molar-refractivity contribution in [1.29, 1.82) is 0 Å². The highest BCUT2D eigenvalue weighted by Gasteiger charge is 2.20. The van der Waals surface area contributed by atoms with E-state index in [2.05, 4.69) is 5.43 Å². The van der Waals surface area contributed by atoms with Gasteiger partial charge in [0.25, 0.3) is 0 Å². The number of nitrogens with zero attached hydrogens (tertiary/aromatic N) is 1. The zero-order valence-corrected chi connectivity index (χ0v) is 16.2. The second-order valence-electron chi connectivity index (χ2n) is 7.11. The Morgan fingerprint density at radius 2 is 1.56 bits per heavy atom. The van der Waals surface area contributed by atoms with E-state index in [1.807, 2.05) is 54.6 Å². The summed E-state index contributed by atoms with van der Waals surface area (Å²) in [6.07, 6.45) is -0.618. The van der Waals surface area contributed by atoms with E-state index in [0.717, 1.165) is 16.7 Å². The Balaban J connectivity index is 2.07. The average molecular weight is 370 g/mol. The second kappa shape index (κ2) is 9.19. The van der Waals surface area contributed by atoms with Crippen molar-refractivity contribution >= 4 is 12.1 Å². The third-order valence-corrected chi connectivity index (χ3v) is 3.63. The van der Waals surface area contributed by atoms with Crippen molar-refractivity contribution < 1.29 is 19.1 Å². The second-order valence-corrected chi connectivity index (χ2v) is 7.11. The molecule has 0 aliphatic carbocycles. The number of benzene rings is 2. The largest absolute Gasteiger partial charge is 0.468 e. The normalized spacial score (nSPS) is 11.1. The van der Waals surface area contributed by atoms with Crippen LogP contribution in [0.5, 0.6) is 0 Å². The highest BCUT2D eigenvalue weighted by atomic mass is 16.6. The summed E-state index contributed by atoms with van der Waals surface area (Å²) < 4.78 is 9.96. The van der Waals surface area contributed by atoms with E-state index in [4.69, 9.17) is 9.47 Å². The summed E-state index contributed by atoms with van der Waals surface area (Å²) in [4.78, 5) is 23.7. The summed E-state index contributed by atoms with van der Waals surface area (Å²) >= 11 is 0. The molecule has 0 bridgehead atoms. The molecule has 0 unspecified atom stereocenters. The SMILES string of the molecule is COC(=O)CN(Cc1ccc(-c2ccccc2)cc1)NC(=O)OC(C)(C)C. The topological polar surface area (TPSA) is 67.9 Å². The minimum atomic E-state index is -0.627. The minimum absolute atomic E-state index is 0.0871. The zero-order chi connectivity index (χ0) is 19.9. The van der Waals surface area contributed by atoms with E-state index in [0.29, 0.717) is 6.54 Å². The van der Waals surface area contributed by atoms with Crippen molar-refractivity contribution in [1.82, 2.24) is 10.4 Å². The Morgan fingerprint density at radius 3 is 2.11 bits per heavy atom. The first-order valence-electron chi connectivity index (χ1n) is 8.72. The number of hydrogen-bond acceptors (Lipinski definition) is 5. The zero-order valence-electron chi connectivity index (χ0n) is 16.2. The monoisotopic (exact) mass is 370 g/mol. The van der Waals surface area contributed by atoms with Crippen LogP contribution in [0.4, 0.5) is 4.79 Å². The predicted molar refractivity (Wildman–Crippen MR) is 104 cm³/mol. The van der Waals surface area contributed by atoms with Crippen LogP contribution >= 0.6 is 0 Å². The van der Waals surface area contributed by atoms with Crippen molar-refractivity contribution in [2.75, 3.05) is 13.7 Å². The smallest absolute Gasteiger partial charge is 0.422 e. The fourth-order valence-electron chi connectivity index (χ4n) is 2.44. The fourth-order valence-corrected chi connectivity index (χ4v) is 2.44. The van der Waals surface area contributed by atoms with Crippen LogP contribution in [0.15, 0.2) is 54.6 Å². The van der Waals surface area contributed by atoms with Crippen LogP contribution in [-0.4, -0.2) is 36.3 Å². The van der Waals surface area contributed by atoms with Crippen LogP contribution in [0.1, 0.15) is 26.3 Å². The maximum absolute atomic E-state index is 12.0. The van der Waals surface area contributed by atoms with Crippen LogP contribution in [0.2, 0.25) is 0 Å². The summed E-state index contributed by atoms with van der Waals surface area (Å²) in [6.45, 7) is 5.58. The van der Waals surface area contributed by atoms with Crippen molar-refractivity contribution in [3.8, 4) is 11.1 Å². The van der Waals surface area contributed by atoms with Crippen LogP contribution in [0.25, 0.3) is 11.1 Å². The molecule has 0 saturated heterocycles. The Morgan fingerprint density at radius 1 is 0.963 bits per heavy atom. The van der Waals surface area contributed by atoms with E-state index in [1.54, 1.807) is 20.8 Å². The summed E-state index contributed by atoms with van der Waals surface area (Å²) in [5.41, 5.74) is 5.14. The number of methoxy groups -OCH3 is 1. The van der Waals surface area contributed by atoms with E-state index in [9.17, 15) is 9.59 Å². The third kappa shape index (κ3) is 7.11. The first-order chi connectivity index (χ1) is 12.8. The Bertz CT molecular complexity index is 752. The van der Waals surface area contributed by atoms with Crippen LogP contribution < -0.4 is 5.43 Å². The lowest BCUT2D eigenvalue weighted by Gasteiger charge is -2.25. The molecule has 0 atom stereocenters. The van der Waals surface area contributed by atoms with Gasteiger partial charge >= 0.3 is 12.1 Å². The molecule has 0 heterocycles. The summed E-state index contributed by atoms with van der Waals surface area (Å²) in [5, 5.41) is 1.47. The number of rotatable bonds is 6. The molecule has 2 aromatic carbocycles. The molecule has 0 aromatic heterocycles. The van der Waals surface area contributed by atoms with Crippen molar-refractivity contribution in [2.45, 2.75) is 32.9 Å². The van der Waals surface area contributed by atoms with Gasteiger partial charge in [-0.2, -0.15) is 0 Å². The highest BCUT2D eigenvalue weighted by molar-refractivity contribution is 5.72. The molecule has 2 aromatic rings. The van der Waals surface area contributed by atoms with Gasteiger partial charge < -0.3 is 9.47 Å². The molecular weight excluding hydrogens is 344 g/mol. The summed E-state index contributed by atoms with van der Waals surface area (Å²) in [7, 11) is 1.31. The van der Waals surface area contributed by atoms with Crippen LogP contribution in [0, 0.1) is 0 Å². The first kappa shape index (κ1) is 20.5. The van der Waals surface area contributed by atoms with Gasteiger partial charge in [-0.1, -0.05) is 54.6 Å². The van der Waals surface area contributed by atoms with Gasteiger partial charge in [0.1, 0.15) is 12.1 Å². The number of esters is 1. The number of hydrogen-bond donors (Lipinski definition) is 1. The molecule has 6 nitrogen and oxygen atoms in total. The molecule has 1 N–H and O–H groups in total. The molecule has 0 aliphatic rings. The van der Waals surface area contributed by atoms with Gasteiger partial charge in [-0.25, -0.2) is 9.80 Å². The number of carbonyl (C=O) groups excluding carboxylic acids is 2. The van der Waals surface area contributed by atoms with Crippen molar-refractivity contribution in [3.63, 3.8) is 0 Å². The molecule has 0 radical (unpaired) electrons. The lowest BCUT2D eigenvalue weighted by Crippen LogP contribution is -2.46. The van der Waals surface area contributed by atoms with E-state index >= 15 is 0 Å². The molecule has 0 fully saturated rings. The Kier molecular flexibility index (Phi) is 6.96. The van der Waals surface area contributed by atoms with Crippen molar-refractivity contribution in [2.24, 2.45) is 0 Å². The number of hydrazine groups is 1. The Labute approximate surface area is 160 Å². The van der Waals surface area contributed by atoms with Crippen molar-refractivity contribution in [3.05, 3.63) is 60.2 Å². The van der Waals surface area contributed by atoms with Gasteiger partial charge in [0, 0.05) is 6.54 Å². The lowest BCUT2D eigenvalue weighted by atomic mass is 10.0. The number of carbonyl (C=O) groups is 2. The third-order valence-electron chi connectivity index (χ3n) is 3.63. The maximum Gasteiger partial charge on any atom is 0.422 e. The number of amides is 1. The minimum Gasteiger partial charge on any atom is -0.468 e. The average Bonchev–Trinajstić information content (AvgIpc) is 2.61. The molecule has 27 heavy (non-hydrogen) atoms. The molecule has 6 heteroatoms. The van der Waals surface area contributed by atoms with E-state index in [-0.39, 0.29) is 6.54 Å². The number of nitrogens with one attached hydrogen (secondary N) is 1. The first-order valence-corrected chi connectivity index (χ1v) is 8.72. The van der Waals surface area contributed by atoms with E-state index in [1.165, 1.54) is 12.1 Å². The Hall–Kier alpha value is -2.86. The lowest BCUT2D eigenvalue weighted by molar-refractivity contribution is -0.142. The fraction of sp³-hybridized carbons (Fsp3) is 0.333. The van der Waals surface area contributed by atoms with Gasteiger partial charge in [0.15, 0.2) is 0 Å². The van der Waals surface area contributed by atoms with Gasteiger partial charge in [0.2, 0.25) is 0 Å². The molecule has 144 valence electrons. The molecule has 0 aliphatic heterocycles.